The van der Waals surface area contributed by atoms with E-state index in [0.29, 0.717) is 10.9 Å². The molecule has 0 atom stereocenters. The van der Waals surface area contributed by atoms with Gasteiger partial charge in [0, 0.05) is 12.3 Å². The number of rotatable bonds is 4. The van der Waals surface area contributed by atoms with Crippen molar-refractivity contribution < 1.29 is 9.47 Å². The molecule has 0 saturated heterocycles. The van der Waals surface area contributed by atoms with Gasteiger partial charge in [0.25, 0.3) is 0 Å². The smallest absolute Gasteiger partial charge is 0.175 e. The Bertz CT molecular complexity index is 590. The van der Waals surface area contributed by atoms with Crippen LogP contribution < -0.4 is 20.1 Å². The van der Waals surface area contributed by atoms with Crippen molar-refractivity contribution in [3.05, 3.63) is 42.7 Å². The zero-order valence-electron chi connectivity index (χ0n) is 11.2. The summed E-state index contributed by atoms with van der Waals surface area (Å²) in [5, 5.41) is 6.57. The van der Waals surface area contributed by atoms with Gasteiger partial charge in [-0.1, -0.05) is 0 Å². The van der Waals surface area contributed by atoms with Crippen LogP contribution in [-0.2, 0) is 0 Å². The molecule has 6 heteroatoms. The minimum Gasteiger partial charge on any atom is -0.497 e. The van der Waals surface area contributed by atoms with E-state index in [1.165, 1.54) is 0 Å². The highest BCUT2D eigenvalue weighted by Crippen LogP contribution is 2.29. The Labute approximate surface area is 122 Å². The number of ether oxygens (including phenoxy) is 2. The molecule has 0 bridgehead atoms. The lowest BCUT2D eigenvalue weighted by atomic mass is 10.2. The number of anilines is 2. The summed E-state index contributed by atoms with van der Waals surface area (Å²) in [6.45, 7) is 0. The van der Waals surface area contributed by atoms with Crippen LogP contribution in [0.4, 0.5) is 11.4 Å². The standard InChI is InChI=1S/C14H15N3O2S/c1-18-11-5-6-12(13(8-11)19-2)17-14(20)16-10-4-3-7-15-9-10/h3-9H,1-2H3,(H2,16,17,20). The van der Waals surface area contributed by atoms with Gasteiger partial charge in [-0.3, -0.25) is 4.98 Å². The van der Waals surface area contributed by atoms with Crippen molar-refractivity contribution in [1.29, 1.82) is 0 Å². The van der Waals surface area contributed by atoms with Gasteiger partial charge in [-0.15, -0.1) is 0 Å². The van der Waals surface area contributed by atoms with Crippen LogP contribution in [0.25, 0.3) is 0 Å². The molecule has 0 aliphatic rings. The second-order valence-corrected chi connectivity index (χ2v) is 4.30. The van der Waals surface area contributed by atoms with Gasteiger partial charge in [0.2, 0.25) is 0 Å². The molecule has 2 rings (SSSR count). The minimum atomic E-state index is 0.460. The van der Waals surface area contributed by atoms with Gasteiger partial charge in [0.1, 0.15) is 11.5 Å². The van der Waals surface area contributed by atoms with Crippen molar-refractivity contribution in [2.24, 2.45) is 0 Å². The van der Waals surface area contributed by atoms with Gasteiger partial charge in [0.15, 0.2) is 5.11 Å². The van der Waals surface area contributed by atoms with E-state index >= 15 is 0 Å². The largest absolute Gasteiger partial charge is 0.497 e. The summed E-state index contributed by atoms with van der Waals surface area (Å²) in [4.78, 5) is 4.01. The molecule has 5 nitrogen and oxygen atoms in total. The zero-order chi connectivity index (χ0) is 14.4. The molecule has 1 heterocycles. The average molecular weight is 289 g/mol. The van der Waals surface area contributed by atoms with Crippen molar-refractivity contribution in [2.75, 3.05) is 24.9 Å². The molecule has 0 spiro atoms. The number of nitrogens with one attached hydrogen (secondary N) is 2. The van der Waals surface area contributed by atoms with E-state index in [9.17, 15) is 0 Å². The number of nitrogens with zero attached hydrogens (tertiary/aromatic N) is 1. The Morgan fingerprint density at radius 3 is 2.65 bits per heavy atom. The summed E-state index contributed by atoms with van der Waals surface area (Å²) >= 11 is 5.25. The van der Waals surface area contributed by atoms with Gasteiger partial charge in [0.05, 0.1) is 31.8 Å². The highest BCUT2D eigenvalue weighted by atomic mass is 32.1. The van der Waals surface area contributed by atoms with Crippen LogP contribution in [0, 0.1) is 0 Å². The predicted molar refractivity (Wildman–Crippen MR) is 83.6 cm³/mol. The minimum absolute atomic E-state index is 0.460. The van der Waals surface area contributed by atoms with Gasteiger partial charge in [-0.05, 0) is 36.5 Å². The summed E-state index contributed by atoms with van der Waals surface area (Å²) in [6, 6.07) is 9.17. The van der Waals surface area contributed by atoms with Gasteiger partial charge in [-0.2, -0.15) is 0 Å². The lowest BCUT2D eigenvalue weighted by Crippen LogP contribution is -2.19. The van der Waals surface area contributed by atoms with Crippen LogP contribution in [-0.4, -0.2) is 24.3 Å². The molecule has 0 aliphatic heterocycles. The van der Waals surface area contributed by atoms with Crippen molar-refractivity contribution in [1.82, 2.24) is 4.98 Å². The number of hydrogen-bond acceptors (Lipinski definition) is 4. The number of aromatic nitrogens is 1. The normalized spacial score (nSPS) is 9.70. The molecule has 2 aromatic rings. The molecule has 0 amide bonds. The number of methoxy groups -OCH3 is 2. The molecule has 20 heavy (non-hydrogen) atoms. The molecule has 2 N–H and O–H groups in total. The van der Waals surface area contributed by atoms with Crippen molar-refractivity contribution in [3.8, 4) is 11.5 Å². The Hall–Kier alpha value is -2.34. The first-order valence-electron chi connectivity index (χ1n) is 5.93. The van der Waals surface area contributed by atoms with Crippen molar-refractivity contribution in [2.45, 2.75) is 0 Å². The molecule has 1 aromatic heterocycles. The first kappa shape index (κ1) is 14.1. The van der Waals surface area contributed by atoms with Crippen LogP contribution in [0.15, 0.2) is 42.7 Å². The highest BCUT2D eigenvalue weighted by molar-refractivity contribution is 7.80. The third kappa shape index (κ3) is 3.58. The zero-order valence-corrected chi connectivity index (χ0v) is 12.0. The van der Waals surface area contributed by atoms with Crippen LogP contribution in [0.1, 0.15) is 0 Å². The van der Waals surface area contributed by atoms with Crippen LogP contribution >= 0.6 is 12.2 Å². The first-order valence-corrected chi connectivity index (χ1v) is 6.34. The summed E-state index contributed by atoms with van der Waals surface area (Å²) < 4.78 is 10.4. The second kappa shape index (κ2) is 6.72. The van der Waals surface area contributed by atoms with E-state index in [2.05, 4.69) is 15.6 Å². The van der Waals surface area contributed by atoms with E-state index in [-0.39, 0.29) is 0 Å². The van der Waals surface area contributed by atoms with Crippen LogP contribution in [0.5, 0.6) is 11.5 Å². The molecule has 0 saturated carbocycles. The van der Waals surface area contributed by atoms with Crippen molar-refractivity contribution >= 4 is 28.7 Å². The lowest BCUT2D eigenvalue weighted by Gasteiger charge is -2.14. The van der Waals surface area contributed by atoms with E-state index in [1.54, 1.807) is 32.7 Å². The summed E-state index contributed by atoms with van der Waals surface area (Å²) in [7, 11) is 3.20. The predicted octanol–water partition coefficient (Wildman–Crippen LogP) is 2.91. The second-order valence-electron chi connectivity index (χ2n) is 3.89. The van der Waals surface area contributed by atoms with E-state index in [1.807, 2.05) is 24.3 Å². The molecule has 1 aromatic carbocycles. The monoisotopic (exact) mass is 289 g/mol. The quantitative estimate of drug-likeness (QED) is 0.844. The maximum Gasteiger partial charge on any atom is 0.175 e. The fraction of sp³-hybridized carbons (Fsp3) is 0.143. The molecule has 0 fully saturated rings. The average Bonchev–Trinajstić information content (AvgIpc) is 2.48. The maximum absolute atomic E-state index is 5.30. The number of pyridine rings is 1. The van der Waals surface area contributed by atoms with E-state index in [4.69, 9.17) is 21.7 Å². The molecular formula is C14H15N3O2S. The number of benzene rings is 1. The number of hydrogen-bond donors (Lipinski definition) is 2. The molecule has 0 unspecified atom stereocenters. The fourth-order valence-corrected chi connectivity index (χ4v) is 1.85. The maximum atomic E-state index is 5.30. The highest BCUT2D eigenvalue weighted by Gasteiger charge is 2.06. The molecule has 0 aliphatic carbocycles. The van der Waals surface area contributed by atoms with E-state index in [0.717, 1.165) is 17.1 Å². The summed E-state index contributed by atoms with van der Waals surface area (Å²) in [5.74, 6) is 1.37. The third-order valence-electron chi connectivity index (χ3n) is 2.58. The van der Waals surface area contributed by atoms with Gasteiger partial charge >= 0.3 is 0 Å². The summed E-state index contributed by atoms with van der Waals surface area (Å²) in [5.41, 5.74) is 1.58. The molecule has 104 valence electrons. The van der Waals surface area contributed by atoms with Crippen LogP contribution in [0.3, 0.4) is 0 Å². The third-order valence-corrected chi connectivity index (χ3v) is 2.78. The lowest BCUT2D eigenvalue weighted by molar-refractivity contribution is 0.395. The van der Waals surface area contributed by atoms with Crippen LogP contribution in [0.2, 0.25) is 0 Å². The molecule has 0 radical (unpaired) electrons. The number of thiocarbonyl (C=S) groups is 1. The Kier molecular flexibility index (Phi) is 4.73. The van der Waals surface area contributed by atoms with Gasteiger partial charge < -0.3 is 20.1 Å². The van der Waals surface area contributed by atoms with Gasteiger partial charge in [-0.25, -0.2) is 0 Å². The molecular weight excluding hydrogens is 274 g/mol. The fourth-order valence-electron chi connectivity index (χ4n) is 1.62. The SMILES string of the molecule is COc1ccc(NC(=S)Nc2cccnc2)c(OC)c1. The topological polar surface area (TPSA) is 55.4 Å². The summed E-state index contributed by atoms with van der Waals surface area (Å²) in [6.07, 6.45) is 3.40. The Morgan fingerprint density at radius 1 is 1.15 bits per heavy atom. The Morgan fingerprint density at radius 2 is 2.00 bits per heavy atom. The van der Waals surface area contributed by atoms with Crippen molar-refractivity contribution in [3.63, 3.8) is 0 Å². The van der Waals surface area contributed by atoms with E-state index < -0.39 is 0 Å². The first-order chi connectivity index (χ1) is 9.72. The Balaban J connectivity index is 2.07.